The van der Waals surface area contributed by atoms with Crippen molar-refractivity contribution in [2.24, 2.45) is 0 Å². The highest BCUT2D eigenvalue weighted by atomic mass is 16.6. The minimum atomic E-state index is -2.18. The minimum absolute atomic E-state index is 0.0588. The second kappa shape index (κ2) is 4.19. The SMILES string of the molecule is CC(O)(C(=O)C=O)c1ccccc1[N+](=O)[O-]. The van der Waals surface area contributed by atoms with Crippen LogP contribution in [0.25, 0.3) is 0 Å². The molecule has 6 heteroatoms. The van der Waals surface area contributed by atoms with Gasteiger partial charge in [-0.2, -0.15) is 0 Å². The molecule has 0 amide bonds. The van der Waals surface area contributed by atoms with E-state index < -0.39 is 22.0 Å². The number of carbonyl (C=O) groups excluding carboxylic acids is 2. The Kier molecular flexibility index (Phi) is 3.14. The first kappa shape index (κ1) is 12.0. The van der Waals surface area contributed by atoms with Crippen molar-refractivity contribution in [3.63, 3.8) is 0 Å². The molecule has 1 aromatic carbocycles. The van der Waals surface area contributed by atoms with Crippen molar-refractivity contribution in [1.29, 1.82) is 0 Å². The third-order valence-corrected chi connectivity index (χ3v) is 2.21. The first-order valence-electron chi connectivity index (χ1n) is 4.37. The first-order valence-corrected chi connectivity index (χ1v) is 4.37. The van der Waals surface area contributed by atoms with Gasteiger partial charge in [0.25, 0.3) is 5.69 Å². The molecule has 0 heterocycles. The van der Waals surface area contributed by atoms with Gasteiger partial charge in [-0.25, -0.2) is 0 Å². The van der Waals surface area contributed by atoms with E-state index in [-0.39, 0.29) is 11.8 Å². The molecule has 0 bridgehead atoms. The van der Waals surface area contributed by atoms with E-state index in [2.05, 4.69) is 0 Å². The maximum atomic E-state index is 11.2. The monoisotopic (exact) mass is 223 g/mol. The third-order valence-electron chi connectivity index (χ3n) is 2.21. The van der Waals surface area contributed by atoms with Crippen molar-refractivity contribution in [2.75, 3.05) is 0 Å². The number of rotatable bonds is 4. The number of hydrogen-bond donors (Lipinski definition) is 1. The van der Waals surface area contributed by atoms with Crippen LogP contribution >= 0.6 is 0 Å². The van der Waals surface area contributed by atoms with Crippen molar-refractivity contribution in [3.8, 4) is 0 Å². The molecule has 1 aromatic rings. The van der Waals surface area contributed by atoms with Crippen LogP contribution in [-0.2, 0) is 15.2 Å². The van der Waals surface area contributed by atoms with Gasteiger partial charge >= 0.3 is 0 Å². The van der Waals surface area contributed by atoms with E-state index in [4.69, 9.17) is 0 Å². The fraction of sp³-hybridized carbons (Fsp3) is 0.200. The molecule has 0 aromatic heterocycles. The highest BCUT2D eigenvalue weighted by Crippen LogP contribution is 2.29. The number of para-hydroxylation sites is 1. The van der Waals surface area contributed by atoms with Gasteiger partial charge in [0.15, 0.2) is 11.9 Å². The van der Waals surface area contributed by atoms with Crippen LogP contribution in [0, 0.1) is 10.1 Å². The Balaban J connectivity index is 3.37. The molecule has 1 N–H and O–H groups in total. The normalized spacial score (nSPS) is 13.9. The quantitative estimate of drug-likeness (QED) is 0.348. The Labute approximate surface area is 90.7 Å². The van der Waals surface area contributed by atoms with E-state index >= 15 is 0 Å². The minimum Gasteiger partial charge on any atom is -0.377 e. The van der Waals surface area contributed by atoms with Gasteiger partial charge in [-0.1, -0.05) is 12.1 Å². The lowest BCUT2D eigenvalue weighted by Gasteiger charge is -2.18. The van der Waals surface area contributed by atoms with Crippen molar-refractivity contribution in [3.05, 3.63) is 39.9 Å². The van der Waals surface area contributed by atoms with Gasteiger partial charge in [-0.15, -0.1) is 0 Å². The first-order chi connectivity index (χ1) is 7.41. The summed E-state index contributed by atoms with van der Waals surface area (Å²) in [5, 5.41) is 20.5. The number of nitro benzene ring substituents is 1. The maximum absolute atomic E-state index is 11.2. The van der Waals surface area contributed by atoms with Gasteiger partial charge in [-0.3, -0.25) is 19.7 Å². The van der Waals surface area contributed by atoms with E-state index in [0.717, 1.165) is 13.0 Å². The molecule has 6 nitrogen and oxygen atoms in total. The molecule has 0 aliphatic heterocycles. The molecule has 84 valence electrons. The molecular weight excluding hydrogens is 214 g/mol. The molecule has 0 saturated heterocycles. The molecule has 0 fully saturated rings. The highest BCUT2D eigenvalue weighted by Gasteiger charge is 2.37. The molecule has 16 heavy (non-hydrogen) atoms. The van der Waals surface area contributed by atoms with Gasteiger partial charge in [0.2, 0.25) is 5.78 Å². The largest absolute Gasteiger partial charge is 0.377 e. The van der Waals surface area contributed by atoms with Gasteiger partial charge in [0, 0.05) is 6.07 Å². The predicted octanol–water partition coefficient (Wildman–Crippen LogP) is 0.570. The zero-order valence-electron chi connectivity index (χ0n) is 8.41. The van der Waals surface area contributed by atoms with Crippen LogP contribution in [0.3, 0.4) is 0 Å². The smallest absolute Gasteiger partial charge is 0.275 e. The Hall–Kier alpha value is -2.08. The number of carbonyl (C=O) groups is 2. The second-order valence-electron chi connectivity index (χ2n) is 3.33. The van der Waals surface area contributed by atoms with Crippen molar-refractivity contribution in [1.82, 2.24) is 0 Å². The number of Topliss-reactive ketones (excluding diaryl/α,β-unsaturated/α-hetero) is 1. The van der Waals surface area contributed by atoms with E-state index in [9.17, 15) is 24.8 Å². The molecule has 1 unspecified atom stereocenters. The van der Waals surface area contributed by atoms with Gasteiger partial charge in [-0.05, 0) is 13.0 Å². The lowest BCUT2D eigenvalue weighted by Crippen LogP contribution is -2.33. The van der Waals surface area contributed by atoms with Gasteiger partial charge < -0.3 is 5.11 Å². The number of aliphatic hydroxyl groups is 1. The third kappa shape index (κ3) is 1.96. The Morgan fingerprint density at radius 3 is 2.56 bits per heavy atom. The highest BCUT2D eigenvalue weighted by molar-refractivity contribution is 6.28. The Morgan fingerprint density at radius 2 is 2.06 bits per heavy atom. The summed E-state index contributed by atoms with van der Waals surface area (Å²) in [7, 11) is 0. The predicted molar refractivity (Wildman–Crippen MR) is 53.7 cm³/mol. The Bertz CT molecular complexity index is 452. The summed E-state index contributed by atoms with van der Waals surface area (Å²) in [6, 6.07) is 5.24. The summed E-state index contributed by atoms with van der Waals surface area (Å²) < 4.78 is 0. The molecule has 0 aliphatic carbocycles. The van der Waals surface area contributed by atoms with Crippen LogP contribution in [0.2, 0.25) is 0 Å². The van der Waals surface area contributed by atoms with Crippen LogP contribution in [0.1, 0.15) is 12.5 Å². The molecule has 0 aliphatic rings. The molecule has 1 atom stereocenters. The van der Waals surface area contributed by atoms with Crippen LogP contribution < -0.4 is 0 Å². The number of ketones is 1. The summed E-state index contributed by atoms with van der Waals surface area (Å²) in [5.74, 6) is -1.12. The summed E-state index contributed by atoms with van der Waals surface area (Å²) >= 11 is 0. The van der Waals surface area contributed by atoms with Crippen molar-refractivity contribution >= 4 is 17.8 Å². The van der Waals surface area contributed by atoms with Crippen molar-refractivity contribution < 1.29 is 19.6 Å². The molecule has 0 radical (unpaired) electrons. The van der Waals surface area contributed by atoms with Gasteiger partial charge in [0.05, 0.1) is 10.5 Å². The van der Waals surface area contributed by atoms with Crippen LogP contribution in [0.4, 0.5) is 5.69 Å². The van der Waals surface area contributed by atoms with E-state index in [1.807, 2.05) is 0 Å². The van der Waals surface area contributed by atoms with Crippen LogP contribution in [0.5, 0.6) is 0 Å². The molecular formula is C10H9NO5. The molecule has 0 saturated carbocycles. The zero-order valence-corrected chi connectivity index (χ0v) is 8.41. The molecule has 0 spiro atoms. The molecule has 1 rings (SSSR count). The van der Waals surface area contributed by atoms with E-state index in [1.165, 1.54) is 18.2 Å². The van der Waals surface area contributed by atoms with Crippen LogP contribution in [-0.4, -0.2) is 22.1 Å². The number of nitro groups is 1. The standard InChI is InChI=1S/C10H9NO5/c1-10(14,9(13)6-12)7-4-2-3-5-8(7)11(15)16/h2-6,14H,1H3. The average Bonchev–Trinajstić information content (AvgIpc) is 2.27. The van der Waals surface area contributed by atoms with Crippen molar-refractivity contribution in [2.45, 2.75) is 12.5 Å². The van der Waals surface area contributed by atoms with E-state index in [1.54, 1.807) is 0 Å². The van der Waals surface area contributed by atoms with E-state index in [0.29, 0.717) is 0 Å². The maximum Gasteiger partial charge on any atom is 0.275 e. The van der Waals surface area contributed by atoms with Crippen LogP contribution in [0.15, 0.2) is 24.3 Å². The summed E-state index contributed by atoms with van der Waals surface area (Å²) in [6.45, 7) is 1.05. The number of aldehydes is 1. The lowest BCUT2D eigenvalue weighted by atomic mass is 9.91. The fourth-order valence-corrected chi connectivity index (χ4v) is 1.29. The summed E-state index contributed by atoms with van der Waals surface area (Å²) in [4.78, 5) is 31.4. The number of nitrogens with zero attached hydrogens (tertiary/aromatic N) is 1. The topological polar surface area (TPSA) is 97.5 Å². The fourth-order valence-electron chi connectivity index (χ4n) is 1.29. The zero-order chi connectivity index (χ0) is 12.3. The summed E-state index contributed by atoms with van der Waals surface area (Å²) in [5.41, 5.74) is -2.77. The second-order valence-corrected chi connectivity index (χ2v) is 3.33. The lowest BCUT2D eigenvalue weighted by molar-refractivity contribution is -0.386. The Morgan fingerprint density at radius 1 is 1.50 bits per heavy atom. The van der Waals surface area contributed by atoms with Gasteiger partial charge in [0.1, 0.15) is 0 Å². The average molecular weight is 223 g/mol. The summed E-state index contributed by atoms with van der Waals surface area (Å²) in [6.07, 6.45) is -0.0588. The number of hydrogen-bond acceptors (Lipinski definition) is 5. The number of benzene rings is 1.